The maximum Gasteiger partial charge on any atom is 0.246 e. The van der Waals surface area contributed by atoms with E-state index in [1.54, 1.807) is 19.4 Å². The molecule has 2 aromatic heterocycles. The van der Waals surface area contributed by atoms with Crippen molar-refractivity contribution < 1.29 is 9.53 Å². The lowest BCUT2D eigenvalue weighted by molar-refractivity contribution is -0.126. The first kappa shape index (κ1) is 21.8. The van der Waals surface area contributed by atoms with Crippen LogP contribution in [0.5, 0.6) is 5.75 Å². The summed E-state index contributed by atoms with van der Waals surface area (Å²) in [5.74, 6) is 0.885. The molecule has 0 atom stereocenters. The molecule has 1 fully saturated rings. The quantitative estimate of drug-likeness (QED) is 0.415. The number of hydrogen-bond donors (Lipinski definition) is 0. The van der Waals surface area contributed by atoms with Crippen LogP contribution in [0.3, 0.4) is 0 Å². The summed E-state index contributed by atoms with van der Waals surface area (Å²) in [5, 5.41) is 1.04. The number of pyridine rings is 1. The molecule has 0 saturated carbocycles. The number of rotatable bonds is 5. The van der Waals surface area contributed by atoms with Gasteiger partial charge in [0.25, 0.3) is 0 Å². The number of amides is 1. The Morgan fingerprint density at radius 2 is 1.68 bits per heavy atom. The van der Waals surface area contributed by atoms with E-state index in [1.165, 1.54) is 0 Å². The lowest BCUT2D eigenvalue weighted by atomic mass is 10.1. The van der Waals surface area contributed by atoms with Crippen molar-refractivity contribution >= 4 is 28.7 Å². The highest BCUT2D eigenvalue weighted by Gasteiger charge is 2.21. The van der Waals surface area contributed by atoms with Crippen molar-refractivity contribution in [2.24, 2.45) is 7.05 Å². The normalized spacial score (nSPS) is 14.2. The first-order valence-corrected chi connectivity index (χ1v) is 11.5. The Morgan fingerprint density at radius 1 is 0.941 bits per heavy atom. The van der Waals surface area contributed by atoms with Crippen LogP contribution >= 0.6 is 0 Å². The van der Waals surface area contributed by atoms with Gasteiger partial charge in [-0.1, -0.05) is 30.3 Å². The first-order chi connectivity index (χ1) is 16.7. The van der Waals surface area contributed by atoms with Crippen molar-refractivity contribution in [2.45, 2.75) is 0 Å². The molecule has 1 saturated heterocycles. The maximum atomic E-state index is 13.1. The Kier molecular flexibility index (Phi) is 6.04. The van der Waals surface area contributed by atoms with Gasteiger partial charge >= 0.3 is 0 Å². The zero-order valence-electron chi connectivity index (χ0n) is 19.5. The van der Waals surface area contributed by atoms with E-state index in [-0.39, 0.29) is 5.91 Å². The van der Waals surface area contributed by atoms with E-state index in [9.17, 15) is 4.79 Å². The molecule has 1 aliphatic heterocycles. The minimum Gasteiger partial charge on any atom is -0.497 e. The Balaban J connectivity index is 1.35. The number of nitrogens with zero attached hydrogens (tertiary/aromatic N) is 4. The Labute approximate surface area is 199 Å². The maximum absolute atomic E-state index is 13.1. The number of anilines is 1. The molecule has 0 unspecified atom stereocenters. The van der Waals surface area contributed by atoms with Crippen molar-refractivity contribution in [1.29, 1.82) is 0 Å². The van der Waals surface area contributed by atoms with E-state index in [4.69, 9.17) is 4.74 Å². The lowest BCUT2D eigenvalue weighted by Gasteiger charge is -2.35. The molecule has 1 aliphatic rings. The average Bonchev–Trinajstić information content (AvgIpc) is 3.19. The number of piperazine rings is 1. The van der Waals surface area contributed by atoms with Crippen molar-refractivity contribution in [1.82, 2.24) is 14.5 Å². The Bertz CT molecular complexity index is 1320. The molecular formula is C28H28N4O2. The van der Waals surface area contributed by atoms with E-state index in [2.05, 4.69) is 44.8 Å². The van der Waals surface area contributed by atoms with Gasteiger partial charge in [-0.25, -0.2) is 4.98 Å². The van der Waals surface area contributed by atoms with Gasteiger partial charge in [0.05, 0.1) is 12.8 Å². The second-order valence-electron chi connectivity index (χ2n) is 8.41. The largest absolute Gasteiger partial charge is 0.497 e. The van der Waals surface area contributed by atoms with Gasteiger partial charge in [-0.15, -0.1) is 0 Å². The van der Waals surface area contributed by atoms with Crippen LogP contribution in [0.25, 0.3) is 28.4 Å². The molecule has 4 aromatic rings. The summed E-state index contributed by atoms with van der Waals surface area (Å²) in [7, 11) is 3.69. The second-order valence-corrected chi connectivity index (χ2v) is 8.41. The summed E-state index contributed by atoms with van der Waals surface area (Å²) < 4.78 is 7.35. The van der Waals surface area contributed by atoms with Crippen molar-refractivity contribution in [3.8, 4) is 17.0 Å². The standard InChI is InChI=1S/C28H28N4O2/c1-30-27(21-7-4-3-5-8-21)24(25-9-6-16-29-28(25)30)14-15-26(33)32-19-17-31(18-20-32)22-10-12-23(34-2)13-11-22/h3-16H,17-20H2,1-2H3/b15-14+. The topological polar surface area (TPSA) is 50.6 Å². The second kappa shape index (κ2) is 9.43. The molecule has 6 heteroatoms. The summed E-state index contributed by atoms with van der Waals surface area (Å²) >= 11 is 0. The zero-order chi connectivity index (χ0) is 23.5. The van der Waals surface area contributed by atoms with Crippen molar-refractivity contribution in [2.75, 3.05) is 38.2 Å². The molecule has 3 heterocycles. The minimum absolute atomic E-state index is 0.0364. The number of ether oxygens (including phenoxy) is 1. The zero-order valence-corrected chi connectivity index (χ0v) is 19.5. The average molecular weight is 453 g/mol. The molecule has 0 radical (unpaired) electrons. The fourth-order valence-electron chi connectivity index (χ4n) is 4.64. The third-order valence-electron chi connectivity index (χ3n) is 6.45. The van der Waals surface area contributed by atoms with Crippen LogP contribution in [0.4, 0.5) is 5.69 Å². The van der Waals surface area contributed by atoms with Gasteiger partial charge in [-0.3, -0.25) is 4.79 Å². The fraction of sp³-hybridized carbons (Fsp3) is 0.214. The predicted octanol–water partition coefficient (Wildman–Crippen LogP) is 4.61. The highest BCUT2D eigenvalue weighted by atomic mass is 16.5. The minimum atomic E-state index is 0.0364. The lowest BCUT2D eigenvalue weighted by Crippen LogP contribution is -2.48. The summed E-state index contributed by atoms with van der Waals surface area (Å²) in [6.07, 6.45) is 5.46. The molecule has 1 amide bonds. The number of aromatic nitrogens is 2. The SMILES string of the molecule is COc1ccc(N2CCN(C(=O)/C=C/c3c(-c4ccccc4)n(C)c4ncccc34)CC2)cc1. The molecule has 0 aliphatic carbocycles. The van der Waals surface area contributed by atoms with Crippen LogP contribution in [-0.2, 0) is 11.8 Å². The van der Waals surface area contributed by atoms with Crippen LogP contribution < -0.4 is 9.64 Å². The summed E-state index contributed by atoms with van der Waals surface area (Å²) in [6, 6.07) is 22.3. The highest BCUT2D eigenvalue weighted by Crippen LogP contribution is 2.33. The van der Waals surface area contributed by atoms with Gasteiger partial charge in [0.1, 0.15) is 11.4 Å². The van der Waals surface area contributed by atoms with E-state index < -0.39 is 0 Å². The number of benzene rings is 2. The van der Waals surface area contributed by atoms with Gasteiger partial charge < -0.3 is 19.1 Å². The first-order valence-electron chi connectivity index (χ1n) is 11.5. The van der Waals surface area contributed by atoms with Crippen LogP contribution in [-0.4, -0.2) is 53.6 Å². The van der Waals surface area contributed by atoms with E-state index in [0.717, 1.165) is 52.4 Å². The molecule has 34 heavy (non-hydrogen) atoms. The molecule has 0 N–H and O–H groups in total. The monoisotopic (exact) mass is 452 g/mol. The third kappa shape index (κ3) is 4.15. The molecule has 172 valence electrons. The Hall–Kier alpha value is -4.06. The number of aryl methyl sites for hydroxylation is 1. The highest BCUT2D eigenvalue weighted by molar-refractivity contribution is 6.00. The van der Waals surface area contributed by atoms with Gasteiger partial charge in [-0.2, -0.15) is 0 Å². The summed E-state index contributed by atoms with van der Waals surface area (Å²) in [5.41, 5.74) is 5.23. The number of fused-ring (bicyclic) bond motifs is 1. The van der Waals surface area contributed by atoms with Crippen molar-refractivity contribution in [3.63, 3.8) is 0 Å². The van der Waals surface area contributed by atoms with E-state index in [1.807, 2.05) is 54.4 Å². The molecule has 5 rings (SSSR count). The smallest absolute Gasteiger partial charge is 0.246 e. The third-order valence-corrected chi connectivity index (χ3v) is 6.45. The molecule has 6 nitrogen and oxygen atoms in total. The van der Waals surface area contributed by atoms with Crippen LogP contribution in [0.1, 0.15) is 5.56 Å². The van der Waals surface area contributed by atoms with Gasteiger partial charge in [-0.05, 0) is 48.0 Å². The molecular weight excluding hydrogens is 424 g/mol. The number of carbonyl (C=O) groups is 1. The summed E-state index contributed by atoms with van der Waals surface area (Å²) in [6.45, 7) is 2.99. The van der Waals surface area contributed by atoms with Gasteiger partial charge in [0.2, 0.25) is 5.91 Å². The van der Waals surface area contributed by atoms with E-state index >= 15 is 0 Å². The summed E-state index contributed by atoms with van der Waals surface area (Å²) in [4.78, 5) is 21.9. The molecule has 0 spiro atoms. The van der Waals surface area contributed by atoms with Gasteiger partial charge in [0.15, 0.2) is 0 Å². The number of methoxy groups -OCH3 is 1. The van der Waals surface area contributed by atoms with Crippen LogP contribution in [0, 0.1) is 0 Å². The van der Waals surface area contributed by atoms with Crippen LogP contribution in [0.2, 0.25) is 0 Å². The molecule has 2 aromatic carbocycles. The fourth-order valence-corrected chi connectivity index (χ4v) is 4.64. The predicted molar refractivity (Wildman–Crippen MR) is 137 cm³/mol. The Morgan fingerprint density at radius 3 is 2.38 bits per heavy atom. The van der Waals surface area contributed by atoms with Crippen LogP contribution in [0.15, 0.2) is 79.0 Å². The molecule has 0 bridgehead atoms. The van der Waals surface area contributed by atoms with Crippen molar-refractivity contribution in [3.05, 3.63) is 84.6 Å². The van der Waals surface area contributed by atoms with E-state index in [0.29, 0.717) is 13.1 Å². The van der Waals surface area contributed by atoms with Gasteiger partial charge in [0, 0.05) is 62.1 Å². The number of carbonyl (C=O) groups excluding carboxylic acids is 1. The number of hydrogen-bond acceptors (Lipinski definition) is 4.